The van der Waals surface area contributed by atoms with Gasteiger partial charge in [0.25, 0.3) is 0 Å². The third kappa shape index (κ3) is 2.87. The zero-order valence-corrected chi connectivity index (χ0v) is 13.8. The maximum Gasteiger partial charge on any atom is 0.0923 e. The molecule has 2 aromatic carbocycles. The Morgan fingerprint density at radius 2 is 1.75 bits per heavy atom. The predicted molar refractivity (Wildman–Crippen MR) is 98.0 cm³/mol. The quantitative estimate of drug-likeness (QED) is 0.763. The molecule has 3 heteroatoms. The van der Waals surface area contributed by atoms with Crippen molar-refractivity contribution in [3.63, 3.8) is 0 Å². The standard InChI is InChI=1S/C21H23N3/c22-14-19(18-11-10-15-6-4-5-9-17(15)12-18)21-13-20(23-24-21)16-7-2-1-3-8-16/h1-3,7-8,10-13,19H,4-6,9,14,22H2,(H,23,24). The Morgan fingerprint density at radius 1 is 0.958 bits per heavy atom. The Labute approximate surface area is 142 Å². The Kier molecular flexibility index (Phi) is 4.18. The molecule has 0 aliphatic heterocycles. The highest BCUT2D eigenvalue weighted by Crippen LogP contribution is 2.29. The summed E-state index contributed by atoms with van der Waals surface area (Å²) in [6.45, 7) is 0.579. The van der Waals surface area contributed by atoms with Gasteiger partial charge in [-0.05, 0) is 48.4 Å². The lowest BCUT2D eigenvalue weighted by Crippen LogP contribution is -2.15. The van der Waals surface area contributed by atoms with Gasteiger partial charge in [0.05, 0.1) is 5.69 Å². The van der Waals surface area contributed by atoms with Crippen molar-refractivity contribution in [1.82, 2.24) is 10.2 Å². The average Bonchev–Trinajstić information content (AvgIpc) is 3.13. The first-order valence-electron chi connectivity index (χ1n) is 8.77. The van der Waals surface area contributed by atoms with E-state index in [9.17, 15) is 0 Å². The van der Waals surface area contributed by atoms with Crippen molar-refractivity contribution in [2.75, 3.05) is 6.54 Å². The summed E-state index contributed by atoms with van der Waals surface area (Å²) in [7, 11) is 0. The normalized spacial score (nSPS) is 15.0. The second-order valence-corrected chi connectivity index (χ2v) is 6.60. The number of nitrogens with two attached hydrogens (primary N) is 1. The first-order valence-corrected chi connectivity index (χ1v) is 8.77. The predicted octanol–water partition coefficient (Wildman–Crippen LogP) is 4.05. The Bertz CT molecular complexity index is 820. The van der Waals surface area contributed by atoms with Crippen LogP contribution in [0.1, 0.15) is 41.1 Å². The molecule has 4 rings (SSSR count). The van der Waals surface area contributed by atoms with Gasteiger partial charge in [-0.1, -0.05) is 48.5 Å². The van der Waals surface area contributed by atoms with E-state index in [1.54, 1.807) is 0 Å². The van der Waals surface area contributed by atoms with E-state index in [0.717, 1.165) is 17.0 Å². The summed E-state index contributed by atoms with van der Waals surface area (Å²) in [5, 5.41) is 7.69. The third-order valence-electron chi connectivity index (χ3n) is 5.05. The molecule has 3 N–H and O–H groups in total. The van der Waals surface area contributed by atoms with Gasteiger partial charge in [-0.3, -0.25) is 5.10 Å². The number of nitrogens with zero attached hydrogens (tertiary/aromatic N) is 1. The molecule has 1 unspecified atom stereocenters. The highest BCUT2D eigenvalue weighted by Gasteiger charge is 2.18. The number of fused-ring (bicyclic) bond motifs is 1. The van der Waals surface area contributed by atoms with Crippen LogP contribution in [-0.2, 0) is 12.8 Å². The van der Waals surface area contributed by atoms with Crippen molar-refractivity contribution >= 4 is 0 Å². The number of nitrogens with one attached hydrogen (secondary N) is 1. The van der Waals surface area contributed by atoms with E-state index in [2.05, 4.69) is 46.6 Å². The molecule has 1 atom stereocenters. The number of rotatable bonds is 4. The number of aromatic nitrogens is 2. The van der Waals surface area contributed by atoms with Crippen LogP contribution in [0.5, 0.6) is 0 Å². The Hall–Kier alpha value is -2.39. The minimum Gasteiger partial charge on any atom is -0.329 e. The molecule has 1 aliphatic rings. The first kappa shape index (κ1) is 15.2. The van der Waals surface area contributed by atoms with Crippen molar-refractivity contribution < 1.29 is 0 Å². The zero-order valence-electron chi connectivity index (χ0n) is 13.8. The molecule has 0 amide bonds. The fourth-order valence-corrected chi connectivity index (χ4v) is 3.68. The SMILES string of the molecule is NCC(c1ccc2c(c1)CCCC2)c1cc(-c2ccccc2)n[nH]1. The lowest BCUT2D eigenvalue weighted by molar-refractivity contribution is 0.681. The van der Waals surface area contributed by atoms with E-state index in [1.807, 2.05) is 18.2 Å². The van der Waals surface area contributed by atoms with Gasteiger partial charge in [0.1, 0.15) is 0 Å². The molecular formula is C21H23N3. The zero-order chi connectivity index (χ0) is 16.4. The molecule has 3 aromatic rings. The number of aryl methyl sites for hydroxylation is 2. The minimum absolute atomic E-state index is 0.169. The first-order chi connectivity index (χ1) is 11.8. The molecule has 0 fully saturated rings. The molecule has 122 valence electrons. The maximum absolute atomic E-state index is 6.11. The molecule has 0 radical (unpaired) electrons. The Balaban J connectivity index is 1.65. The summed E-state index contributed by atoms with van der Waals surface area (Å²) in [5.41, 5.74) is 13.6. The summed E-state index contributed by atoms with van der Waals surface area (Å²) in [6, 6.07) is 19.3. The van der Waals surface area contributed by atoms with Crippen LogP contribution >= 0.6 is 0 Å². The fourth-order valence-electron chi connectivity index (χ4n) is 3.68. The third-order valence-corrected chi connectivity index (χ3v) is 5.05. The van der Waals surface area contributed by atoms with Crippen LogP contribution in [0.3, 0.4) is 0 Å². The van der Waals surface area contributed by atoms with Crippen LogP contribution in [0.4, 0.5) is 0 Å². The average molecular weight is 317 g/mol. The lowest BCUT2D eigenvalue weighted by atomic mass is 9.86. The molecule has 1 aliphatic carbocycles. The van der Waals surface area contributed by atoms with E-state index in [-0.39, 0.29) is 5.92 Å². The number of H-pyrrole nitrogens is 1. The number of hydrogen-bond donors (Lipinski definition) is 2. The van der Waals surface area contributed by atoms with Gasteiger partial charge in [-0.15, -0.1) is 0 Å². The van der Waals surface area contributed by atoms with Crippen molar-refractivity contribution in [3.05, 3.63) is 77.0 Å². The van der Waals surface area contributed by atoms with Gasteiger partial charge in [0, 0.05) is 23.7 Å². The maximum atomic E-state index is 6.11. The molecule has 3 nitrogen and oxygen atoms in total. The van der Waals surface area contributed by atoms with Crippen LogP contribution in [0.2, 0.25) is 0 Å². The van der Waals surface area contributed by atoms with Crippen molar-refractivity contribution in [1.29, 1.82) is 0 Å². The summed E-state index contributed by atoms with van der Waals surface area (Å²) in [6.07, 6.45) is 5.02. The van der Waals surface area contributed by atoms with Crippen molar-refractivity contribution in [2.45, 2.75) is 31.6 Å². The molecule has 24 heavy (non-hydrogen) atoms. The largest absolute Gasteiger partial charge is 0.329 e. The highest BCUT2D eigenvalue weighted by molar-refractivity contribution is 5.59. The molecule has 0 saturated heterocycles. The van der Waals surface area contributed by atoms with Crippen LogP contribution in [-0.4, -0.2) is 16.7 Å². The molecule has 1 heterocycles. The summed E-state index contributed by atoms with van der Waals surface area (Å²) in [4.78, 5) is 0. The smallest absolute Gasteiger partial charge is 0.0923 e. The van der Waals surface area contributed by atoms with Gasteiger partial charge in [-0.25, -0.2) is 0 Å². The Morgan fingerprint density at radius 3 is 2.54 bits per heavy atom. The topological polar surface area (TPSA) is 54.7 Å². The summed E-state index contributed by atoms with van der Waals surface area (Å²) in [5.74, 6) is 0.169. The minimum atomic E-state index is 0.169. The van der Waals surface area contributed by atoms with E-state index in [0.29, 0.717) is 6.54 Å². The van der Waals surface area contributed by atoms with Gasteiger partial charge in [0.15, 0.2) is 0 Å². The van der Waals surface area contributed by atoms with Crippen molar-refractivity contribution in [3.8, 4) is 11.3 Å². The molecular weight excluding hydrogens is 294 g/mol. The lowest BCUT2D eigenvalue weighted by Gasteiger charge is -2.20. The second kappa shape index (κ2) is 6.62. The molecule has 0 saturated carbocycles. The number of aromatic amines is 1. The second-order valence-electron chi connectivity index (χ2n) is 6.60. The monoisotopic (exact) mass is 317 g/mol. The molecule has 1 aromatic heterocycles. The van der Waals surface area contributed by atoms with Gasteiger partial charge in [0.2, 0.25) is 0 Å². The van der Waals surface area contributed by atoms with Gasteiger partial charge < -0.3 is 5.73 Å². The summed E-state index contributed by atoms with van der Waals surface area (Å²) >= 11 is 0. The van der Waals surface area contributed by atoms with E-state index >= 15 is 0 Å². The van der Waals surface area contributed by atoms with E-state index < -0.39 is 0 Å². The van der Waals surface area contributed by atoms with E-state index in [1.165, 1.54) is 42.4 Å². The molecule has 0 spiro atoms. The summed E-state index contributed by atoms with van der Waals surface area (Å²) < 4.78 is 0. The fraction of sp³-hybridized carbons (Fsp3) is 0.286. The highest BCUT2D eigenvalue weighted by atomic mass is 15.1. The van der Waals surface area contributed by atoms with Crippen molar-refractivity contribution in [2.24, 2.45) is 5.73 Å². The van der Waals surface area contributed by atoms with Crippen LogP contribution in [0.25, 0.3) is 11.3 Å². The van der Waals surface area contributed by atoms with Crippen LogP contribution < -0.4 is 5.73 Å². The van der Waals surface area contributed by atoms with E-state index in [4.69, 9.17) is 5.73 Å². The van der Waals surface area contributed by atoms with Crippen LogP contribution in [0, 0.1) is 0 Å². The van der Waals surface area contributed by atoms with Gasteiger partial charge >= 0.3 is 0 Å². The number of benzene rings is 2. The van der Waals surface area contributed by atoms with Gasteiger partial charge in [-0.2, -0.15) is 5.10 Å². The number of hydrogen-bond acceptors (Lipinski definition) is 2. The van der Waals surface area contributed by atoms with Crippen LogP contribution in [0.15, 0.2) is 54.6 Å². The molecule has 0 bridgehead atoms.